The zero-order valence-electron chi connectivity index (χ0n) is 13.7. The third-order valence-electron chi connectivity index (χ3n) is 3.78. The number of fused-ring (bicyclic) bond motifs is 1. The number of carbonyl (C=O) groups excluding carboxylic acids is 1. The van der Waals surface area contributed by atoms with Crippen LogP contribution in [0.1, 0.15) is 20.3 Å². The number of nitrogens with zero attached hydrogens (tertiary/aromatic N) is 2. The molecule has 0 bridgehead atoms. The Morgan fingerprint density at radius 3 is 2.42 bits per heavy atom. The Morgan fingerprint density at radius 2 is 1.88 bits per heavy atom. The van der Waals surface area contributed by atoms with Gasteiger partial charge in [0.25, 0.3) is 0 Å². The summed E-state index contributed by atoms with van der Waals surface area (Å²) in [6, 6.07) is 6.20. The molecular formula is C17H21N3O4. The number of hydrogen-bond donors (Lipinski definition) is 2. The normalized spacial score (nSPS) is 12.6. The Hall–Kier alpha value is -2.83. The molecule has 7 nitrogen and oxygen atoms in total. The summed E-state index contributed by atoms with van der Waals surface area (Å²) in [4.78, 5) is 35.9. The molecule has 1 aromatic carbocycles. The summed E-state index contributed by atoms with van der Waals surface area (Å²) in [7, 11) is 0. The lowest BCUT2D eigenvalue weighted by molar-refractivity contribution is -0.141. The molecule has 1 aromatic heterocycles. The number of carboxylic acid groups (broad SMARTS) is 1. The van der Waals surface area contributed by atoms with E-state index in [1.807, 2.05) is 19.1 Å². The van der Waals surface area contributed by atoms with Gasteiger partial charge in [-0.1, -0.05) is 24.3 Å². The minimum Gasteiger partial charge on any atom is -0.480 e. The highest BCUT2D eigenvalue weighted by Gasteiger charge is 2.20. The smallest absolute Gasteiger partial charge is 0.329 e. The summed E-state index contributed by atoms with van der Waals surface area (Å²) in [5, 5.41) is 11.6. The standard InChI is InChI=1S/C17H21N3O4/c1-3-5-8-12(16(22)23)18-15(21)11-20-14-10-7-6-9-13(14)19(4-2)17(20)24/h3,5-7,9-10,12H,4,8,11H2,1-2H3,(H,18,21)(H,22,23)/b5-3+. The average Bonchev–Trinajstić information content (AvgIpc) is 2.83. The van der Waals surface area contributed by atoms with E-state index < -0.39 is 17.9 Å². The second-order valence-electron chi connectivity index (χ2n) is 5.36. The van der Waals surface area contributed by atoms with Gasteiger partial charge in [0.15, 0.2) is 0 Å². The summed E-state index contributed by atoms with van der Waals surface area (Å²) in [6.07, 6.45) is 3.60. The Morgan fingerprint density at radius 1 is 1.25 bits per heavy atom. The first kappa shape index (κ1) is 17.5. The molecule has 2 aromatic rings. The molecule has 0 saturated heterocycles. The molecular weight excluding hydrogens is 310 g/mol. The fraction of sp³-hybridized carbons (Fsp3) is 0.353. The zero-order chi connectivity index (χ0) is 17.7. The summed E-state index contributed by atoms with van der Waals surface area (Å²) in [6.45, 7) is 3.91. The number of hydrogen-bond acceptors (Lipinski definition) is 3. The number of rotatable bonds is 7. The maximum absolute atomic E-state index is 12.5. The van der Waals surface area contributed by atoms with Crippen molar-refractivity contribution in [2.45, 2.75) is 39.4 Å². The molecule has 0 aliphatic carbocycles. The van der Waals surface area contributed by atoms with Crippen molar-refractivity contribution in [3.63, 3.8) is 0 Å². The van der Waals surface area contributed by atoms with E-state index in [0.29, 0.717) is 12.1 Å². The van der Waals surface area contributed by atoms with E-state index >= 15 is 0 Å². The van der Waals surface area contributed by atoms with Crippen molar-refractivity contribution in [2.24, 2.45) is 0 Å². The summed E-state index contributed by atoms with van der Waals surface area (Å²) in [5.74, 6) is -1.61. The Kier molecular flexibility index (Phi) is 5.57. The Labute approximate surface area is 139 Å². The number of nitrogens with one attached hydrogen (secondary N) is 1. The molecule has 2 N–H and O–H groups in total. The van der Waals surface area contributed by atoms with Gasteiger partial charge in [-0.3, -0.25) is 13.9 Å². The number of benzene rings is 1. The highest BCUT2D eigenvalue weighted by Crippen LogP contribution is 2.12. The van der Waals surface area contributed by atoms with Crippen LogP contribution in [0, 0.1) is 0 Å². The monoisotopic (exact) mass is 331 g/mol. The molecule has 24 heavy (non-hydrogen) atoms. The van der Waals surface area contributed by atoms with Crippen LogP contribution in [0.3, 0.4) is 0 Å². The van der Waals surface area contributed by atoms with Gasteiger partial charge in [-0.05, 0) is 32.4 Å². The van der Waals surface area contributed by atoms with Crippen LogP contribution in [0.15, 0.2) is 41.2 Å². The second-order valence-corrected chi connectivity index (χ2v) is 5.36. The quantitative estimate of drug-likeness (QED) is 0.749. The van der Waals surface area contributed by atoms with Crippen LogP contribution in [-0.4, -0.2) is 32.2 Å². The van der Waals surface area contributed by atoms with Crippen LogP contribution in [-0.2, 0) is 22.7 Å². The van der Waals surface area contributed by atoms with Crippen LogP contribution in [0.2, 0.25) is 0 Å². The number of imidazole rings is 1. The SMILES string of the molecule is C/C=C/CC(NC(=O)Cn1c(=O)n(CC)c2ccccc21)C(=O)O. The van der Waals surface area contributed by atoms with Crippen LogP contribution < -0.4 is 11.0 Å². The van der Waals surface area contributed by atoms with Crippen molar-refractivity contribution in [3.8, 4) is 0 Å². The number of carbonyl (C=O) groups is 2. The number of aliphatic carboxylic acids is 1. The van der Waals surface area contributed by atoms with Gasteiger partial charge < -0.3 is 10.4 Å². The third kappa shape index (κ3) is 3.56. The lowest BCUT2D eigenvalue weighted by Crippen LogP contribution is -2.43. The first-order valence-corrected chi connectivity index (χ1v) is 7.81. The van der Waals surface area contributed by atoms with Gasteiger partial charge in [0.05, 0.1) is 11.0 Å². The average molecular weight is 331 g/mol. The highest BCUT2D eigenvalue weighted by atomic mass is 16.4. The van der Waals surface area contributed by atoms with Gasteiger partial charge in [-0.15, -0.1) is 0 Å². The number of para-hydroxylation sites is 2. The van der Waals surface area contributed by atoms with E-state index in [-0.39, 0.29) is 18.7 Å². The van der Waals surface area contributed by atoms with Crippen LogP contribution in [0.25, 0.3) is 11.0 Å². The first-order valence-electron chi connectivity index (χ1n) is 7.81. The van der Waals surface area contributed by atoms with Crippen LogP contribution in [0.5, 0.6) is 0 Å². The van der Waals surface area contributed by atoms with Crippen molar-refractivity contribution in [2.75, 3.05) is 0 Å². The first-order chi connectivity index (χ1) is 11.5. The van der Waals surface area contributed by atoms with Gasteiger partial charge >= 0.3 is 11.7 Å². The molecule has 128 valence electrons. The minimum atomic E-state index is -1.11. The van der Waals surface area contributed by atoms with Crippen molar-refractivity contribution >= 4 is 22.9 Å². The van der Waals surface area contributed by atoms with Gasteiger partial charge in [0.2, 0.25) is 5.91 Å². The highest BCUT2D eigenvalue weighted by molar-refractivity contribution is 5.85. The third-order valence-corrected chi connectivity index (χ3v) is 3.78. The number of aryl methyl sites for hydroxylation is 1. The van der Waals surface area contributed by atoms with Crippen molar-refractivity contribution < 1.29 is 14.7 Å². The second kappa shape index (κ2) is 7.63. The predicted molar refractivity (Wildman–Crippen MR) is 90.9 cm³/mol. The van der Waals surface area contributed by atoms with E-state index in [9.17, 15) is 14.4 Å². The summed E-state index contributed by atoms with van der Waals surface area (Å²) < 4.78 is 2.94. The van der Waals surface area contributed by atoms with Gasteiger partial charge in [-0.25, -0.2) is 9.59 Å². The van der Waals surface area contributed by atoms with E-state index in [0.717, 1.165) is 5.52 Å². The molecule has 1 amide bonds. The fourth-order valence-electron chi connectivity index (χ4n) is 2.61. The van der Waals surface area contributed by atoms with E-state index in [4.69, 9.17) is 5.11 Å². The fourth-order valence-corrected chi connectivity index (χ4v) is 2.61. The van der Waals surface area contributed by atoms with Crippen LogP contribution in [0.4, 0.5) is 0 Å². The Bertz CT molecular complexity index is 832. The van der Waals surface area contributed by atoms with Crippen molar-refractivity contribution in [3.05, 3.63) is 46.9 Å². The van der Waals surface area contributed by atoms with E-state index in [1.165, 1.54) is 4.57 Å². The van der Waals surface area contributed by atoms with Gasteiger partial charge in [0, 0.05) is 6.54 Å². The molecule has 0 saturated carbocycles. The lowest BCUT2D eigenvalue weighted by atomic mass is 10.2. The minimum absolute atomic E-state index is 0.198. The largest absolute Gasteiger partial charge is 0.480 e. The van der Waals surface area contributed by atoms with Crippen molar-refractivity contribution in [1.82, 2.24) is 14.5 Å². The van der Waals surface area contributed by atoms with Crippen molar-refractivity contribution in [1.29, 1.82) is 0 Å². The van der Waals surface area contributed by atoms with Gasteiger partial charge in [-0.2, -0.15) is 0 Å². The summed E-state index contributed by atoms with van der Waals surface area (Å²) >= 11 is 0. The number of carboxylic acids is 1. The summed E-state index contributed by atoms with van der Waals surface area (Å²) in [5.41, 5.74) is 1.12. The maximum atomic E-state index is 12.5. The molecule has 0 radical (unpaired) electrons. The van der Waals surface area contributed by atoms with Gasteiger partial charge in [0.1, 0.15) is 12.6 Å². The molecule has 0 aliphatic heterocycles. The topological polar surface area (TPSA) is 93.3 Å². The lowest BCUT2D eigenvalue weighted by Gasteiger charge is -2.13. The van der Waals surface area contributed by atoms with E-state index in [2.05, 4.69) is 5.32 Å². The molecule has 0 spiro atoms. The number of aromatic nitrogens is 2. The Balaban J connectivity index is 2.26. The van der Waals surface area contributed by atoms with Crippen LogP contribution >= 0.6 is 0 Å². The molecule has 0 aliphatic rings. The molecule has 1 heterocycles. The molecule has 0 fully saturated rings. The maximum Gasteiger partial charge on any atom is 0.329 e. The molecule has 1 unspecified atom stereocenters. The molecule has 1 atom stereocenters. The molecule has 2 rings (SSSR count). The zero-order valence-corrected chi connectivity index (χ0v) is 13.7. The van der Waals surface area contributed by atoms with E-state index in [1.54, 1.807) is 35.8 Å². The predicted octanol–water partition coefficient (Wildman–Crippen LogP) is 1.36. The number of amides is 1. The number of allylic oxidation sites excluding steroid dienone is 1. The molecule has 7 heteroatoms.